The third-order valence-corrected chi connectivity index (χ3v) is 3.71. The van der Waals surface area contributed by atoms with E-state index < -0.39 is 0 Å². The molecule has 0 radical (unpaired) electrons. The normalized spacial score (nSPS) is 23.8. The second-order valence-corrected chi connectivity index (χ2v) is 6.38. The molecule has 1 aromatic rings. The summed E-state index contributed by atoms with van der Waals surface area (Å²) < 4.78 is 5.83. The molecule has 0 bridgehead atoms. The van der Waals surface area contributed by atoms with Gasteiger partial charge in [0, 0.05) is 12.1 Å². The maximum atomic E-state index is 6.62. The minimum atomic E-state index is -0.194. The molecule has 2 N–H and O–H groups in total. The monoisotopic (exact) mass is 247 g/mol. The van der Waals surface area contributed by atoms with E-state index in [9.17, 15) is 0 Å². The lowest BCUT2D eigenvalue weighted by atomic mass is 9.75. The maximum absolute atomic E-state index is 6.62. The summed E-state index contributed by atoms with van der Waals surface area (Å²) in [6, 6.07) is 8.60. The Bertz CT molecular complexity index is 408. The van der Waals surface area contributed by atoms with Gasteiger partial charge in [-0.05, 0) is 57.6 Å². The van der Waals surface area contributed by atoms with Gasteiger partial charge in [0.25, 0.3) is 0 Å². The van der Waals surface area contributed by atoms with Crippen molar-refractivity contribution in [2.24, 2.45) is 5.73 Å². The van der Waals surface area contributed by atoms with E-state index in [1.54, 1.807) is 0 Å². The molecule has 18 heavy (non-hydrogen) atoms. The molecule has 2 heteroatoms. The highest BCUT2D eigenvalue weighted by Crippen LogP contribution is 2.35. The highest BCUT2D eigenvalue weighted by Gasteiger charge is 2.32. The molecule has 0 spiro atoms. The van der Waals surface area contributed by atoms with E-state index in [1.165, 1.54) is 17.5 Å². The smallest absolute Gasteiger partial charge is 0.0598 e. The Labute approximate surface area is 111 Å². The summed E-state index contributed by atoms with van der Waals surface area (Å²) in [5, 5.41) is 0. The molecular weight excluding hydrogens is 222 g/mol. The van der Waals surface area contributed by atoms with Crippen molar-refractivity contribution >= 4 is 0 Å². The fourth-order valence-corrected chi connectivity index (χ4v) is 2.75. The van der Waals surface area contributed by atoms with Crippen LogP contribution in [0, 0.1) is 0 Å². The van der Waals surface area contributed by atoms with Crippen molar-refractivity contribution in [3.05, 3.63) is 35.4 Å². The molecule has 1 aliphatic carbocycles. The molecule has 0 aromatic heterocycles. The first-order valence-electron chi connectivity index (χ1n) is 6.92. The summed E-state index contributed by atoms with van der Waals surface area (Å²) in [7, 11) is 0. The van der Waals surface area contributed by atoms with Crippen molar-refractivity contribution in [3.8, 4) is 0 Å². The zero-order valence-corrected chi connectivity index (χ0v) is 11.8. The van der Waals surface area contributed by atoms with Crippen molar-refractivity contribution in [2.75, 3.05) is 6.61 Å². The first kappa shape index (κ1) is 13.6. The predicted octanol–water partition coefficient (Wildman–Crippen LogP) is 3.38. The fraction of sp³-hybridized carbons (Fsp3) is 0.625. The second kappa shape index (κ2) is 5.02. The van der Waals surface area contributed by atoms with Gasteiger partial charge in [0.1, 0.15) is 0 Å². The van der Waals surface area contributed by atoms with Crippen molar-refractivity contribution in [1.82, 2.24) is 0 Å². The van der Waals surface area contributed by atoms with Crippen LogP contribution in [0.25, 0.3) is 0 Å². The first-order valence-corrected chi connectivity index (χ1v) is 6.92. The third kappa shape index (κ3) is 3.12. The quantitative estimate of drug-likeness (QED) is 0.888. The molecule has 2 rings (SSSR count). The Morgan fingerprint density at radius 3 is 2.72 bits per heavy atom. The molecule has 1 atom stereocenters. The number of aryl methyl sites for hydroxylation is 1. The van der Waals surface area contributed by atoms with Crippen LogP contribution in [0.3, 0.4) is 0 Å². The molecule has 100 valence electrons. The lowest BCUT2D eigenvalue weighted by Crippen LogP contribution is -2.41. The maximum Gasteiger partial charge on any atom is 0.0598 e. The number of hydrogen-bond donors (Lipinski definition) is 1. The van der Waals surface area contributed by atoms with Crippen molar-refractivity contribution in [3.63, 3.8) is 0 Å². The second-order valence-electron chi connectivity index (χ2n) is 6.38. The fourth-order valence-electron chi connectivity index (χ4n) is 2.75. The van der Waals surface area contributed by atoms with Crippen LogP contribution in [0.2, 0.25) is 0 Å². The molecule has 0 fully saturated rings. The van der Waals surface area contributed by atoms with Gasteiger partial charge in [-0.1, -0.05) is 24.3 Å². The lowest BCUT2D eigenvalue weighted by Gasteiger charge is -2.36. The number of hydrogen-bond acceptors (Lipinski definition) is 2. The van der Waals surface area contributed by atoms with Crippen LogP contribution < -0.4 is 5.73 Å². The summed E-state index contributed by atoms with van der Waals surface area (Å²) in [4.78, 5) is 0. The number of ether oxygens (including phenoxy) is 1. The molecule has 1 aromatic carbocycles. The van der Waals surface area contributed by atoms with E-state index in [-0.39, 0.29) is 11.1 Å². The minimum absolute atomic E-state index is 0.0788. The number of fused-ring (bicyclic) bond motifs is 1. The average Bonchev–Trinajstić information content (AvgIpc) is 2.28. The number of benzene rings is 1. The molecule has 0 saturated heterocycles. The SMILES string of the molecule is CC(C)(C)OCCC1(N)CCCc2ccccc21. The van der Waals surface area contributed by atoms with E-state index in [4.69, 9.17) is 10.5 Å². The molecule has 0 amide bonds. The summed E-state index contributed by atoms with van der Waals surface area (Å²) in [5.41, 5.74) is 9.09. The van der Waals surface area contributed by atoms with Crippen LogP contribution in [0.4, 0.5) is 0 Å². The summed E-state index contributed by atoms with van der Waals surface area (Å²) in [6.45, 7) is 7.00. The molecule has 1 unspecified atom stereocenters. The predicted molar refractivity (Wildman–Crippen MR) is 75.6 cm³/mol. The molecule has 1 aliphatic rings. The van der Waals surface area contributed by atoms with Gasteiger partial charge >= 0.3 is 0 Å². The zero-order valence-electron chi connectivity index (χ0n) is 11.8. The molecule has 0 aliphatic heterocycles. The van der Waals surface area contributed by atoms with Crippen molar-refractivity contribution < 1.29 is 4.74 Å². The van der Waals surface area contributed by atoms with E-state index >= 15 is 0 Å². The Morgan fingerprint density at radius 1 is 1.28 bits per heavy atom. The van der Waals surface area contributed by atoms with E-state index in [0.717, 1.165) is 25.9 Å². The van der Waals surface area contributed by atoms with Crippen LogP contribution >= 0.6 is 0 Å². The van der Waals surface area contributed by atoms with E-state index in [0.29, 0.717) is 0 Å². The molecule has 0 saturated carbocycles. The largest absolute Gasteiger partial charge is 0.376 e. The summed E-state index contributed by atoms with van der Waals surface area (Å²) in [6.07, 6.45) is 4.32. The summed E-state index contributed by atoms with van der Waals surface area (Å²) >= 11 is 0. The van der Waals surface area contributed by atoms with Gasteiger partial charge in [0.05, 0.1) is 5.60 Å². The molecular formula is C16H25NO. The highest BCUT2D eigenvalue weighted by atomic mass is 16.5. The van der Waals surface area contributed by atoms with Gasteiger partial charge in [0.15, 0.2) is 0 Å². The number of nitrogens with two attached hydrogens (primary N) is 1. The van der Waals surface area contributed by atoms with Crippen LogP contribution in [0.15, 0.2) is 24.3 Å². The van der Waals surface area contributed by atoms with Crippen LogP contribution in [0.5, 0.6) is 0 Å². The van der Waals surface area contributed by atoms with Crippen molar-refractivity contribution in [2.45, 2.75) is 57.6 Å². The Balaban J connectivity index is 2.08. The Morgan fingerprint density at radius 2 is 2.00 bits per heavy atom. The van der Waals surface area contributed by atoms with E-state index in [2.05, 4.69) is 45.0 Å². The van der Waals surface area contributed by atoms with Gasteiger partial charge in [-0.3, -0.25) is 0 Å². The lowest BCUT2D eigenvalue weighted by molar-refractivity contribution is -0.0126. The Kier molecular flexibility index (Phi) is 3.79. The standard InChI is InChI=1S/C16H25NO/c1-15(2,3)18-12-11-16(17)10-6-8-13-7-4-5-9-14(13)16/h4-5,7,9H,6,8,10-12,17H2,1-3H3. The number of rotatable bonds is 3. The topological polar surface area (TPSA) is 35.2 Å². The third-order valence-electron chi connectivity index (χ3n) is 3.71. The van der Waals surface area contributed by atoms with E-state index in [1.807, 2.05) is 0 Å². The van der Waals surface area contributed by atoms with Crippen LogP contribution in [0.1, 0.15) is 51.2 Å². The van der Waals surface area contributed by atoms with Crippen LogP contribution in [-0.4, -0.2) is 12.2 Å². The Hall–Kier alpha value is -0.860. The average molecular weight is 247 g/mol. The minimum Gasteiger partial charge on any atom is -0.376 e. The van der Waals surface area contributed by atoms with Gasteiger partial charge in [-0.15, -0.1) is 0 Å². The van der Waals surface area contributed by atoms with Gasteiger partial charge in [-0.25, -0.2) is 0 Å². The molecule has 0 heterocycles. The first-order chi connectivity index (χ1) is 8.41. The van der Waals surface area contributed by atoms with Gasteiger partial charge < -0.3 is 10.5 Å². The van der Waals surface area contributed by atoms with Crippen LogP contribution in [-0.2, 0) is 16.7 Å². The summed E-state index contributed by atoms with van der Waals surface area (Å²) in [5.74, 6) is 0. The molecule has 2 nitrogen and oxygen atoms in total. The van der Waals surface area contributed by atoms with Gasteiger partial charge in [0.2, 0.25) is 0 Å². The van der Waals surface area contributed by atoms with Gasteiger partial charge in [-0.2, -0.15) is 0 Å². The van der Waals surface area contributed by atoms with Crippen molar-refractivity contribution in [1.29, 1.82) is 0 Å². The highest BCUT2D eigenvalue weighted by molar-refractivity contribution is 5.35. The zero-order chi connectivity index (χ0) is 13.2.